The van der Waals surface area contributed by atoms with Gasteiger partial charge in [0.2, 0.25) is 21.8 Å². The van der Waals surface area contributed by atoms with Gasteiger partial charge in [-0.2, -0.15) is 4.31 Å². The minimum absolute atomic E-state index is 0.0813. The molecule has 4 amide bonds. The standard InChI is InChI=1S/C33H49N5O7S/c1-3-4-5-6-7-9-16-25-21-33(25,31(41)42)36-30(40)28-19-13-20-38(28)29(39)22-34-32(43)35-27(24-14-12-15-24)23-37(2)46(44,45)26-17-10-8-11-18-26/h8-11,16-18,24-25,27-28H,3-7,12-15,19-23H2,1-2H3,(H,36,40)(H,41,42)(H2,34,35,43)/b16-9-/t25?,27?,28-,33+/m0/s1. The molecule has 254 valence electrons. The third-order valence-electron chi connectivity index (χ3n) is 9.55. The molecule has 0 bridgehead atoms. The highest BCUT2D eigenvalue weighted by molar-refractivity contribution is 7.89. The second-order valence-corrected chi connectivity index (χ2v) is 14.9. The molecule has 12 nitrogen and oxygen atoms in total. The molecule has 13 heteroatoms. The van der Waals surface area contributed by atoms with Crippen LogP contribution in [0.2, 0.25) is 0 Å². The predicted molar refractivity (Wildman–Crippen MR) is 173 cm³/mol. The number of urea groups is 1. The van der Waals surface area contributed by atoms with Crippen LogP contribution in [0.5, 0.6) is 0 Å². The number of hydrogen-bond donors (Lipinski definition) is 4. The fourth-order valence-corrected chi connectivity index (χ4v) is 7.55. The van der Waals surface area contributed by atoms with E-state index in [2.05, 4.69) is 22.9 Å². The summed E-state index contributed by atoms with van der Waals surface area (Å²) in [6.45, 7) is 2.21. The molecule has 2 saturated carbocycles. The van der Waals surface area contributed by atoms with Crippen LogP contribution in [0.15, 0.2) is 47.4 Å². The summed E-state index contributed by atoms with van der Waals surface area (Å²) in [7, 11) is -2.26. The molecule has 2 unspecified atom stereocenters. The Morgan fingerprint density at radius 2 is 1.83 bits per heavy atom. The molecule has 0 radical (unpaired) electrons. The summed E-state index contributed by atoms with van der Waals surface area (Å²) in [5.74, 6) is -2.20. The first-order valence-corrected chi connectivity index (χ1v) is 18.0. The molecule has 4 atom stereocenters. The highest BCUT2D eigenvalue weighted by atomic mass is 32.2. The SMILES string of the molecule is CCCCCC/C=C\C1C[C@]1(NC(=O)[C@@H]1CCCN1C(=O)CNC(=O)NC(CN(C)S(=O)(=O)c1ccccc1)C1CCC1)C(=O)O. The molecule has 1 aromatic rings. The fourth-order valence-electron chi connectivity index (χ4n) is 6.33. The topological polar surface area (TPSA) is 165 Å². The van der Waals surface area contributed by atoms with Gasteiger partial charge in [-0.3, -0.25) is 9.59 Å². The van der Waals surface area contributed by atoms with Crippen LogP contribution < -0.4 is 16.0 Å². The lowest BCUT2D eigenvalue weighted by atomic mass is 9.79. The minimum atomic E-state index is -3.74. The van der Waals surface area contributed by atoms with Crippen molar-refractivity contribution in [2.24, 2.45) is 11.8 Å². The van der Waals surface area contributed by atoms with E-state index in [0.717, 1.165) is 44.9 Å². The largest absolute Gasteiger partial charge is 0.479 e. The van der Waals surface area contributed by atoms with Gasteiger partial charge < -0.3 is 26.0 Å². The maximum absolute atomic E-state index is 13.3. The van der Waals surface area contributed by atoms with Gasteiger partial charge >= 0.3 is 12.0 Å². The first-order chi connectivity index (χ1) is 22.0. The molecule has 1 aliphatic heterocycles. The van der Waals surface area contributed by atoms with E-state index in [1.54, 1.807) is 18.2 Å². The van der Waals surface area contributed by atoms with Gasteiger partial charge in [-0.25, -0.2) is 18.0 Å². The van der Waals surface area contributed by atoms with Gasteiger partial charge in [0.25, 0.3) is 0 Å². The van der Waals surface area contributed by atoms with Gasteiger partial charge in [0.05, 0.1) is 11.4 Å². The fraction of sp³-hybridized carbons (Fsp3) is 0.636. The summed E-state index contributed by atoms with van der Waals surface area (Å²) in [5, 5.41) is 18.1. The summed E-state index contributed by atoms with van der Waals surface area (Å²) in [4.78, 5) is 53.0. The Labute approximate surface area is 272 Å². The van der Waals surface area contributed by atoms with E-state index in [1.807, 2.05) is 12.2 Å². The predicted octanol–water partition coefficient (Wildman–Crippen LogP) is 3.25. The van der Waals surface area contributed by atoms with Crippen LogP contribution in [-0.2, 0) is 24.4 Å². The molecule has 3 fully saturated rings. The average Bonchev–Trinajstić information content (AvgIpc) is 3.47. The van der Waals surface area contributed by atoms with Gasteiger partial charge in [0.1, 0.15) is 11.6 Å². The summed E-state index contributed by atoms with van der Waals surface area (Å²) in [6.07, 6.45) is 13.3. The monoisotopic (exact) mass is 659 g/mol. The number of sulfonamides is 1. The van der Waals surface area contributed by atoms with E-state index in [0.29, 0.717) is 25.8 Å². The second-order valence-electron chi connectivity index (χ2n) is 12.8. The van der Waals surface area contributed by atoms with Gasteiger partial charge in [-0.1, -0.05) is 63.0 Å². The van der Waals surface area contributed by atoms with Crippen LogP contribution in [0.25, 0.3) is 0 Å². The second kappa shape index (κ2) is 15.9. The van der Waals surface area contributed by atoms with Crippen molar-refractivity contribution in [3.8, 4) is 0 Å². The number of nitrogens with one attached hydrogen (secondary N) is 3. The molecular formula is C33H49N5O7S. The third-order valence-corrected chi connectivity index (χ3v) is 11.4. The van der Waals surface area contributed by atoms with Crippen molar-refractivity contribution in [2.45, 2.75) is 100 Å². The number of likely N-dealkylation sites (N-methyl/N-ethyl adjacent to an activating group) is 1. The minimum Gasteiger partial charge on any atom is -0.479 e. The van der Waals surface area contributed by atoms with Crippen LogP contribution in [0.3, 0.4) is 0 Å². The Bertz CT molecular complexity index is 1370. The number of likely N-dealkylation sites (tertiary alicyclic amines) is 1. The number of nitrogens with zero attached hydrogens (tertiary/aromatic N) is 2. The maximum Gasteiger partial charge on any atom is 0.330 e. The number of carboxylic acid groups (broad SMARTS) is 1. The number of benzene rings is 1. The Balaban J connectivity index is 1.28. The molecule has 0 aromatic heterocycles. The molecule has 1 heterocycles. The van der Waals surface area contributed by atoms with E-state index < -0.39 is 51.5 Å². The number of unbranched alkanes of at least 4 members (excludes halogenated alkanes) is 4. The van der Waals surface area contributed by atoms with Crippen molar-refractivity contribution >= 4 is 33.8 Å². The quantitative estimate of drug-likeness (QED) is 0.147. The van der Waals surface area contributed by atoms with Crippen molar-refractivity contribution < 1.29 is 32.7 Å². The lowest BCUT2D eigenvalue weighted by Crippen LogP contribution is -2.55. The molecule has 46 heavy (non-hydrogen) atoms. The summed E-state index contributed by atoms with van der Waals surface area (Å²) < 4.78 is 27.3. The number of hydrogen-bond acceptors (Lipinski definition) is 6. The smallest absolute Gasteiger partial charge is 0.330 e. The Morgan fingerprint density at radius 1 is 1.09 bits per heavy atom. The first-order valence-electron chi connectivity index (χ1n) is 16.6. The van der Waals surface area contributed by atoms with Crippen LogP contribution >= 0.6 is 0 Å². The van der Waals surface area contributed by atoms with Crippen molar-refractivity contribution in [2.75, 3.05) is 26.7 Å². The molecule has 1 aromatic carbocycles. The number of rotatable bonds is 17. The van der Waals surface area contributed by atoms with Gasteiger partial charge in [0.15, 0.2) is 0 Å². The molecule has 2 aliphatic carbocycles. The van der Waals surface area contributed by atoms with E-state index in [1.165, 1.54) is 34.8 Å². The van der Waals surface area contributed by atoms with Crippen molar-refractivity contribution in [1.82, 2.24) is 25.2 Å². The lowest BCUT2D eigenvalue weighted by molar-refractivity contribution is -0.145. The number of allylic oxidation sites excluding steroid dienone is 1. The Hall–Kier alpha value is -3.45. The molecule has 0 spiro atoms. The Morgan fingerprint density at radius 3 is 2.48 bits per heavy atom. The molecular weight excluding hydrogens is 610 g/mol. The van der Waals surface area contributed by atoms with Crippen molar-refractivity contribution in [1.29, 1.82) is 0 Å². The number of carbonyl (C=O) groups is 4. The van der Waals surface area contributed by atoms with Crippen LogP contribution in [0.4, 0.5) is 4.79 Å². The summed E-state index contributed by atoms with van der Waals surface area (Å²) in [6, 6.07) is 6.26. The molecule has 1 saturated heterocycles. The number of carboxylic acids is 1. The normalized spacial score (nSPS) is 23.6. The van der Waals surface area contributed by atoms with Crippen LogP contribution in [0.1, 0.15) is 77.6 Å². The lowest BCUT2D eigenvalue weighted by Gasteiger charge is -2.36. The van der Waals surface area contributed by atoms with Gasteiger partial charge in [-0.05, 0) is 63.0 Å². The maximum atomic E-state index is 13.3. The highest BCUT2D eigenvalue weighted by Crippen LogP contribution is 2.45. The summed E-state index contributed by atoms with van der Waals surface area (Å²) in [5.41, 5.74) is -1.36. The highest BCUT2D eigenvalue weighted by Gasteiger charge is 2.61. The van der Waals surface area contributed by atoms with E-state index in [9.17, 15) is 32.7 Å². The third kappa shape index (κ3) is 8.67. The molecule has 3 aliphatic rings. The Kier molecular flexibility index (Phi) is 12.2. The van der Waals surface area contributed by atoms with Crippen LogP contribution in [0, 0.1) is 11.8 Å². The molecule has 4 rings (SSSR count). The zero-order valence-corrected chi connectivity index (χ0v) is 27.8. The van der Waals surface area contributed by atoms with Crippen molar-refractivity contribution in [3.05, 3.63) is 42.5 Å². The van der Waals surface area contributed by atoms with E-state index in [-0.39, 0.29) is 29.8 Å². The summed E-state index contributed by atoms with van der Waals surface area (Å²) >= 11 is 0. The van der Waals surface area contributed by atoms with E-state index in [4.69, 9.17) is 0 Å². The zero-order valence-electron chi connectivity index (χ0n) is 26.9. The first kappa shape index (κ1) is 35.4. The van der Waals surface area contributed by atoms with Gasteiger partial charge in [-0.15, -0.1) is 0 Å². The number of carbonyl (C=O) groups excluding carboxylic acids is 3. The zero-order chi connectivity index (χ0) is 33.3. The average molecular weight is 660 g/mol. The van der Waals surface area contributed by atoms with Crippen molar-refractivity contribution in [3.63, 3.8) is 0 Å². The van der Waals surface area contributed by atoms with E-state index >= 15 is 0 Å². The number of aliphatic carboxylic acids is 1. The number of amides is 4. The molecule has 4 N–H and O–H groups in total. The van der Waals surface area contributed by atoms with Crippen LogP contribution in [-0.4, -0.2) is 90.8 Å². The van der Waals surface area contributed by atoms with Gasteiger partial charge in [0, 0.05) is 32.1 Å².